The molecule has 1 aliphatic heterocycles. The number of rotatable bonds is 4. The molecule has 1 saturated carbocycles. The molecule has 1 spiro atoms. The summed E-state index contributed by atoms with van der Waals surface area (Å²) < 4.78 is 1.94. The van der Waals surface area contributed by atoms with Crippen LogP contribution in [0.2, 0.25) is 0 Å². The molecule has 2 aliphatic rings. The van der Waals surface area contributed by atoms with Crippen molar-refractivity contribution in [1.82, 2.24) is 30.0 Å². The van der Waals surface area contributed by atoms with Gasteiger partial charge >= 0.3 is 0 Å². The minimum Gasteiger partial charge on any atom is -0.348 e. The van der Waals surface area contributed by atoms with E-state index in [9.17, 15) is 4.79 Å². The van der Waals surface area contributed by atoms with Gasteiger partial charge in [-0.15, -0.1) is 0 Å². The van der Waals surface area contributed by atoms with Crippen molar-refractivity contribution >= 4 is 5.91 Å². The lowest BCUT2D eigenvalue weighted by atomic mass is 9.65. The summed E-state index contributed by atoms with van der Waals surface area (Å²) in [7, 11) is 1.99. The van der Waals surface area contributed by atoms with Gasteiger partial charge in [-0.05, 0) is 37.3 Å². The topological polar surface area (TPSA) is 75.9 Å². The van der Waals surface area contributed by atoms with E-state index in [-0.39, 0.29) is 11.9 Å². The summed E-state index contributed by atoms with van der Waals surface area (Å²) in [5, 5.41) is 7.31. The molecule has 0 unspecified atom stereocenters. The van der Waals surface area contributed by atoms with E-state index < -0.39 is 0 Å². The van der Waals surface area contributed by atoms with Crippen LogP contribution in [0.25, 0.3) is 0 Å². The Balaban J connectivity index is 1.28. The van der Waals surface area contributed by atoms with Gasteiger partial charge < -0.3 is 5.32 Å². The summed E-state index contributed by atoms with van der Waals surface area (Å²) in [6.07, 6.45) is 9.80. The summed E-state index contributed by atoms with van der Waals surface area (Å²) in [6.45, 7) is 3.18. The Labute approximate surface area is 141 Å². The Kier molecular flexibility index (Phi) is 3.80. The van der Waals surface area contributed by atoms with Gasteiger partial charge in [0.25, 0.3) is 5.91 Å². The standard InChI is InChI=1S/C17H22N6O/c1-22-14(2-4-20-22)11-23-7-3-17(12-23)8-13(9-17)21-16(24)15-10-18-5-6-19-15/h2,4-6,10,13H,3,7-9,11-12H2,1H3,(H,21,24). The van der Waals surface area contributed by atoms with Gasteiger partial charge in [0.15, 0.2) is 0 Å². The van der Waals surface area contributed by atoms with Crippen molar-refractivity contribution in [1.29, 1.82) is 0 Å². The molecule has 1 saturated heterocycles. The molecule has 4 rings (SSSR count). The molecule has 3 heterocycles. The largest absolute Gasteiger partial charge is 0.348 e. The molecule has 2 fully saturated rings. The maximum atomic E-state index is 12.1. The smallest absolute Gasteiger partial charge is 0.271 e. The monoisotopic (exact) mass is 326 g/mol. The van der Waals surface area contributed by atoms with E-state index in [1.165, 1.54) is 18.3 Å². The average molecular weight is 326 g/mol. The highest BCUT2D eigenvalue weighted by Gasteiger charge is 2.48. The Bertz CT molecular complexity index is 722. The van der Waals surface area contributed by atoms with Gasteiger partial charge in [-0.25, -0.2) is 4.98 Å². The van der Waals surface area contributed by atoms with Crippen molar-refractivity contribution in [2.45, 2.75) is 31.8 Å². The van der Waals surface area contributed by atoms with Gasteiger partial charge in [-0.1, -0.05) is 0 Å². The molecule has 2 aromatic heterocycles. The first-order chi connectivity index (χ1) is 11.6. The third-order valence-corrected chi connectivity index (χ3v) is 5.32. The Morgan fingerprint density at radius 3 is 2.96 bits per heavy atom. The van der Waals surface area contributed by atoms with E-state index >= 15 is 0 Å². The maximum absolute atomic E-state index is 12.1. The molecule has 7 heteroatoms. The van der Waals surface area contributed by atoms with E-state index in [1.807, 2.05) is 17.9 Å². The molecule has 2 aromatic rings. The fourth-order valence-electron chi connectivity index (χ4n) is 4.04. The molecule has 1 amide bonds. The number of hydrogen-bond acceptors (Lipinski definition) is 5. The fraction of sp³-hybridized carbons (Fsp3) is 0.529. The first kappa shape index (κ1) is 15.3. The molecular formula is C17H22N6O. The van der Waals surface area contributed by atoms with E-state index in [2.05, 4.69) is 31.3 Å². The molecule has 1 N–H and O–H groups in total. The van der Waals surface area contributed by atoms with Crippen LogP contribution in [-0.2, 0) is 13.6 Å². The zero-order valence-electron chi connectivity index (χ0n) is 13.9. The molecule has 24 heavy (non-hydrogen) atoms. The first-order valence-electron chi connectivity index (χ1n) is 8.40. The normalized spacial score (nSPS) is 26.5. The van der Waals surface area contributed by atoms with Gasteiger partial charge in [0.1, 0.15) is 5.69 Å². The van der Waals surface area contributed by atoms with Gasteiger partial charge in [0.05, 0.1) is 11.9 Å². The number of carbonyl (C=O) groups excluding carboxylic acids is 1. The second-order valence-electron chi connectivity index (χ2n) is 7.08. The second kappa shape index (κ2) is 5.98. The van der Waals surface area contributed by atoms with Crippen LogP contribution in [0.4, 0.5) is 0 Å². The lowest BCUT2D eigenvalue weighted by Crippen LogP contribution is -2.52. The summed E-state index contributed by atoms with van der Waals surface area (Å²) in [5.41, 5.74) is 2.01. The quantitative estimate of drug-likeness (QED) is 0.907. The van der Waals surface area contributed by atoms with Gasteiger partial charge in [0.2, 0.25) is 0 Å². The maximum Gasteiger partial charge on any atom is 0.271 e. The summed E-state index contributed by atoms with van der Waals surface area (Å²) >= 11 is 0. The minimum atomic E-state index is -0.118. The highest BCUT2D eigenvalue weighted by Crippen LogP contribution is 2.48. The zero-order valence-corrected chi connectivity index (χ0v) is 13.9. The average Bonchev–Trinajstić information content (AvgIpc) is 3.15. The molecular weight excluding hydrogens is 304 g/mol. The predicted molar refractivity (Wildman–Crippen MR) is 88.1 cm³/mol. The van der Waals surface area contributed by atoms with Crippen LogP contribution in [-0.4, -0.2) is 49.7 Å². The van der Waals surface area contributed by atoms with Crippen molar-refractivity contribution in [2.75, 3.05) is 13.1 Å². The number of likely N-dealkylation sites (tertiary alicyclic amines) is 1. The molecule has 7 nitrogen and oxygen atoms in total. The van der Waals surface area contributed by atoms with E-state index in [0.717, 1.165) is 32.5 Å². The first-order valence-corrected chi connectivity index (χ1v) is 8.40. The Hall–Kier alpha value is -2.28. The number of hydrogen-bond donors (Lipinski definition) is 1. The van der Waals surface area contributed by atoms with Gasteiger partial charge in [0, 0.05) is 44.8 Å². The van der Waals surface area contributed by atoms with Crippen LogP contribution < -0.4 is 5.32 Å². The van der Waals surface area contributed by atoms with Crippen molar-refractivity contribution in [3.63, 3.8) is 0 Å². The van der Waals surface area contributed by atoms with E-state index in [4.69, 9.17) is 0 Å². The third-order valence-electron chi connectivity index (χ3n) is 5.32. The van der Waals surface area contributed by atoms with Gasteiger partial charge in [-0.2, -0.15) is 5.10 Å². The summed E-state index contributed by atoms with van der Waals surface area (Å²) in [4.78, 5) is 22.6. The SMILES string of the molecule is Cn1nccc1CN1CCC2(CC(NC(=O)c3cnccn3)C2)C1. The lowest BCUT2D eigenvalue weighted by molar-refractivity contribution is 0.0689. The van der Waals surface area contributed by atoms with Crippen LogP contribution in [0.15, 0.2) is 30.9 Å². The van der Waals surface area contributed by atoms with Crippen LogP contribution in [0.1, 0.15) is 35.4 Å². The molecule has 0 aromatic carbocycles. The van der Waals surface area contributed by atoms with E-state index in [1.54, 1.807) is 12.4 Å². The second-order valence-corrected chi connectivity index (χ2v) is 7.08. The Morgan fingerprint density at radius 1 is 1.38 bits per heavy atom. The van der Waals surface area contributed by atoms with Crippen molar-refractivity contribution in [3.8, 4) is 0 Å². The highest BCUT2D eigenvalue weighted by molar-refractivity contribution is 5.92. The number of aromatic nitrogens is 4. The third kappa shape index (κ3) is 2.91. The number of nitrogens with one attached hydrogen (secondary N) is 1. The predicted octanol–water partition coefficient (Wildman–Crippen LogP) is 0.995. The van der Waals surface area contributed by atoms with Crippen LogP contribution in [0.3, 0.4) is 0 Å². The van der Waals surface area contributed by atoms with E-state index in [0.29, 0.717) is 11.1 Å². The number of carbonyl (C=O) groups is 1. The highest BCUT2D eigenvalue weighted by atomic mass is 16.2. The molecule has 126 valence electrons. The van der Waals surface area contributed by atoms with Crippen molar-refractivity contribution in [3.05, 3.63) is 42.2 Å². The van der Waals surface area contributed by atoms with Crippen molar-refractivity contribution in [2.24, 2.45) is 12.5 Å². The molecule has 0 bridgehead atoms. The Morgan fingerprint density at radius 2 is 2.25 bits per heavy atom. The number of amides is 1. The molecule has 0 radical (unpaired) electrons. The molecule has 0 atom stereocenters. The lowest BCUT2D eigenvalue weighted by Gasteiger charge is -2.45. The number of nitrogens with zero attached hydrogens (tertiary/aromatic N) is 5. The summed E-state index contributed by atoms with van der Waals surface area (Å²) in [6, 6.07) is 2.34. The number of aryl methyl sites for hydroxylation is 1. The van der Waals surface area contributed by atoms with Crippen LogP contribution >= 0.6 is 0 Å². The molecule has 1 aliphatic carbocycles. The van der Waals surface area contributed by atoms with Crippen LogP contribution in [0.5, 0.6) is 0 Å². The van der Waals surface area contributed by atoms with Gasteiger partial charge in [-0.3, -0.25) is 19.4 Å². The fourth-order valence-corrected chi connectivity index (χ4v) is 4.04. The minimum absolute atomic E-state index is 0.118. The van der Waals surface area contributed by atoms with Crippen LogP contribution in [0, 0.1) is 5.41 Å². The van der Waals surface area contributed by atoms with Crippen molar-refractivity contribution < 1.29 is 4.79 Å². The zero-order chi connectivity index (χ0) is 16.6. The summed E-state index contributed by atoms with van der Waals surface area (Å²) in [5.74, 6) is -0.118.